The lowest BCUT2D eigenvalue weighted by Gasteiger charge is -2.20. The Bertz CT molecular complexity index is 1100. The molecule has 0 unspecified atom stereocenters. The predicted octanol–water partition coefficient (Wildman–Crippen LogP) is 4.66. The first kappa shape index (κ1) is 18.7. The van der Waals surface area contributed by atoms with Gasteiger partial charge in [0.15, 0.2) is 10.3 Å². The molecule has 0 aliphatic heterocycles. The van der Waals surface area contributed by atoms with Crippen LogP contribution in [0.4, 0.5) is 5.13 Å². The minimum Gasteiger partial charge on any atom is -0.329 e. The van der Waals surface area contributed by atoms with Crippen molar-refractivity contribution in [3.05, 3.63) is 72.1 Å². The fourth-order valence-electron chi connectivity index (χ4n) is 2.91. The highest BCUT2D eigenvalue weighted by molar-refractivity contribution is 7.99. The van der Waals surface area contributed by atoms with Crippen LogP contribution in [0.5, 0.6) is 0 Å². The fourth-order valence-corrected chi connectivity index (χ4v) is 4.78. The van der Waals surface area contributed by atoms with Crippen LogP contribution in [-0.2, 0) is 18.4 Å². The van der Waals surface area contributed by atoms with E-state index in [0.29, 0.717) is 12.3 Å². The Morgan fingerprint density at radius 3 is 2.71 bits per heavy atom. The number of aromatic nitrogens is 3. The third-order valence-corrected chi connectivity index (χ3v) is 6.51. The van der Waals surface area contributed by atoms with Crippen molar-refractivity contribution in [2.24, 2.45) is 7.05 Å². The molecule has 0 saturated carbocycles. The van der Waals surface area contributed by atoms with Crippen molar-refractivity contribution in [3.63, 3.8) is 0 Å². The number of nitrogens with zero attached hydrogens (tertiary/aromatic N) is 4. The van der Waals surface area contributed by atoms with Gasteiger partial charge in [-0.1, -0.05) is 65.6 Å². The molecular formula is C21H20N4OS2. The van der Waals surface area contributed by atoms with Gasteiger partial charge in [-0.3, -0.25) is 9.69 Å². The van der Waals surface area contributed by atoms with E-state index in [9.17, 15) is 4.79 Å². The smallest absolute Gasteiger partial charge is 0.239 e. The third-order valence-electron chi connectivity index (χ3n) is 4.43. The molecule has 0 fully saturated rings. The molecule has 2 aromatic carbocycles. The second-order valence-corrected chi connectivity index (χ2v) is 8.44. The number of benzene rings is 2. The van der Waals surface area contributed by atoms with E-state index in [2.05, 4.69) is 11.1 Å². The molecule has 0 atom stereocenters. The number of imidazole rings is 1. The molecule has 0 radical (unpaired) electrons. The molecule has 7 heteroatoms. The summed E-state index contributed by atoms with van der Waals surface area (Å²) >= 11 is 3.00. The normalized spacial score (nSPS) is 11.1. The number of hydrogen-bond donors (Lipinski definition) is 0. The van der Waals surface area contributed by atoms with Crippen LogP contribution in [-0.4, -0.2) is 26.2 Å². The third kappa shape index (κ3) is 3.95. The van der Waals surface area contributed by atoms with Gasteiger partial charge < -0.3 is 4.57 Å². The maximum Gasteiger partial charge on any atom is 0.239 e. The van der Waals surface area contributed by atoms with E-state index in [-0.39, 0.29) is 5.91 Å². The molecule has 4 aromatic rings. The van der Waals surface area contributed by atoms with Crippen LogP contribution >= 0.6 is 23.1 Å². The van der Waals surface area contributed by atoms with Gasteiger partial charge in [0.1, 0.15) is 0 Å². The Morgan fingerprint density at radius 1 is 1.18 bits per heavy atom. The van der Waals surface area contributed by atoms with Crippen LogP contribution in [0.3, 0.4) is 0 Å². The summed E-state index contributed by atoms with van der Waals surface area (Å²) in [6, 6.07) is 16.2. The molecule has 0 saturated heterocycles. The summed E-state index contributed by atoms with van der Waals surface area (Å²) < 4.78 is 3.01. The zero-order valence-electron chi connectivity index (χ0n) is 15.7. The van der Waals surface area contributed by atoms with Gasteiger partial charge in [0.05, 0.1) is 22.5 Å². The first-order chi connectivity index (χ1) is 13.6. The monoisotopic (exact) mass is 408 g/mol. The molecule has 2 heterocycles. The molecule has 0 aliphatic rings. The zero-order valence-corrected chi connectivity index (χ0v) is 17.3. The Balaban J connectivity index is 1.63. The van der Waals surface area contributed by atoms with Crippen molar-refractivity contribution >= 4 is 44.4 Å². The number of rotatable bonds is 6. The highest BCUT2D eigenvalue weighted by Crippen LogP contribution is 2.32. The standard InChI is InChI=1S/C21H20N4OS2/c1-15-7-6-10-17-19(15)23-21(28-17)25(13-16-8-4-3-5-9-16)18(26)14-27-20-22-11-12-24(20)2/h3-12H,13-14H2,1-2H3. The number of carbonyl (C=O) groups excluding carboxylic acids is 1. The second-order valence-electron chi connectivity index (χ2n) is 6.49. The van der Waals surface area contributed by atoms with Crippen LogP contribution in [0.1, 0.15) is 11.1 Å². The van der Waals surface area contributed by atoms with Gasteiger partial charge in [0.25, 0.3) is 0 Å². The second kappa shape index (κ2) is 8.16. The molecule has 5 nitrogen and oxygen atoms in total. The van der Waals surface area contributed by atoms with Crippen LogP contribution in [0.2, 0.25) is 0 Å². The topological polar surface area (TPSA) is 51.0 Å². The summed E-state index contributed by atoms with van der Waals surface area (Å²) in [7, 11) is 1.93. The molecule has 2 aromatic heterocycles. The number of aryl methyl sites for hydroxylation is 2. The number of anilines is 1. The molecule has 0 N–H and O–H groups in total. The molecule has 1 amide bonds. The quantitative estimate of drug-likeness (QED) is 0.435. The number of thioether (sulfide) groups is 1. The van der Waals surface area contributed by atoms with E-state index < -0.39 is 0 Å². The number of thiazole rings is 1. The van der Waals surface area contributed by atoms with Gasteiger partial charge in [-0.15, -0.1) is 0 Å². The Hall–Kier alpha value is -2.64. The summed E-state index contributed by atoms with van der Waals surface area (Å²) in [5, 5.41) is 1.56. The number of para-hydroxylation sites is 1. The molecule has 28 heavy (non-hydrogen) atoms. The zero-order chi connectivity index (χ0) is 19.5. The summed E-state index contributed by atoms with van der Waals surface area (Å²) in [6.07, 6.45) is 3.62. The minimum atomic E-state index is 0.0218. The first-order valence-electron chi connectivity index (χ1n) is 8.92. The number of fused-ring (bicyclic) bond motifs is 1. The number of carbonyl (C=O) groups is 1. The van der Waals surface area contributed by atoms with Crippen molar-refractivity contribution in [2.45, 2.75) is 18.6 Å². The lowest BCUT2D eigenvalue weighted by molar-refractivity contribution is -0.116. The molecule has 0 bridgehead atoms. The van der Waals surface area contributed by atoms with Crippen LogP contribution < -0.4 is 4.90 Å². The Kier molecular flexibility index (Phi) is 5.45. The summed E-state index contributed by atoms with van der Waals surface area (Å²) in [6.45, 7) is 2.55. The van der Waals surface area contributed by atoms with Crippen molar-refractivity contribution in [1.82, 2.24) is 14.5 Å². The summed E-state index contributed by atoms with van der Waals surface area (Å²) in [4.78, 5) is 24.0. The average Bonchev–Trinajstić information content (AvgIpc) is 3.32. The largest absolute Gasteiger partial charge is 0.329 e. The van der Waals surface area contributed by atoms with Gasteiger partial charge in [0.2, 0.25) is 5.91 Å². The minimum absolute atomic E-state index is 0.0218. The van der Waals surface area contributed by atoms with E-state index in [1.54, 1.807) is 22.4 Å². The summed E-state index contributed by atoms with van der Waals surface area (Å²) in [5.74, 6) is 0.334. The van der Waals surface area contributed by atoms with Crippen molar-refractivity contribution in [3.8, 4) is 0 Å². The first-order valence-corrected chi connectivity index (χ1v) is 10.7. The van der Waals surface area contributed by atoms with Gasteiger partial charge in [-0.05, 0) is 24.1 Å². The van der Waals surface area contributed by atoms with E-state index in [1.165, 1.54) is 11.8 Å². The SMILES string of the molecule is Cc1cccc2sc(N(Cc3ccccc3)C(=O)CSc3nccn3C)nc12. The Labute approximate surface area is 172 Å². The highest BCUT2D eigenvalue weighted by atomic mass is 32.2. The summed E-state index contributed by atoms with van der Waals surface area (Å²) in [5.41, 5.74) is 3.16. The molecule has 4 rings (SSSR count). The van der Waals surface area contributed by atoms with E-state index >= 15 is 0 Å². The molecule has 0 aliphatic carbocycles. The van der Waals surface area contributed by atoms with Crippen molar-refractivity contribution < 1.29 is 4.79 Å². The highest BCUT2D eigenvalue weighted by Gasteiger charge is 2.21. The fraction of sp³-hybridized carbons (Fsp3) is 0.190. The number of hydrogen-bond acceptors (Lipinski definition) is 5. The van der Waals surface area contributed by atoms with Gasteiger partial charge in [0, 0.05) is 19.4 Å². The molecular weight excluding hydrogens is 388 g/mol. The van der Waals surface area contributed by atoms with Crippen molar-refractivity contribution in [1.29, 1.82) is 0 Å². The molecule has 142 valence electrons. The van der Waals surface area contributed by atoms with Crippen LogP contribution in [0.25, 0.3) is 10.2 Å². The lowest BCUT2D eigenvalue weighted by Crippen LogP contribution is -2.31. The van der Waals surface area contributed by atoms with Gasteiger partial charge >= 0.3 is 0 Å². The lowest BCUT2D eigenvalue weighted by atomic mass is 10.2. The van der Waals surface area contributed by atoms with E-state index in [0.717, 1.165) is 31.6 Å². The maximum absolute atomic E-state index is 13.2. The van der Waals surface area contributed by atoms with Crippen LogP contribution in [0, 0.1) is 6.92 Å². The maximum atomic E-state index is 13.2. The Morgan fingerprint density at radius 2 is 2.00 bits per heavy atom. The van der Waals surface area contributed by atoms with Gasteiger partial charge in [-0.25, -0.2) is 9.97 Å². The van der Waals surface area contributed by atoms with Crippen LogP contribution in [0.15, 0.2) is 66.1 Å². The van der Waals surface area contributed by atoms with Gasteiger partial charge in [-0.2, -0.15) is 0 Å². The number of amides is 1. The predicted molar refractivity (Wildman–Crippen MR) is 116 cm³/mol. The van der Waals surface area contributed by atoms with E-state index in [4.69, 9.17) is 4.98 Å². The van der Waals surface area contributed by atoms with E-state index in [1.807, 2.05) is 67.2 Å². The van der Waals surface area contributed by atoms with Crippen molar-refractivity contribution in [2.75, 3.05) is 10.7 Å². The molecule has 0 spiro atoms. The average molecular weight is 409 g/mol.